The van der Waals surface area contributed by atoms with E-state index in [1.54, 1.807) is 24.5 Å². The molecule has 0 radical (unpaired) electrons. The van der Waals surface area contributed by atoms with Gasteiger partial charge in [0.05, 0.1) is 12.7 Å². The number of hydrogen-bond acceptors (Lipinski definition) is 3. The molecule has 0 unspecified atom stereocenters. The van der Waals surface area contributed by atoms with Crippen molar-refractivity contribution in [1.82, 2.24) is 5.32 Å². The molecule has 1 heterocycles. The van der Waals surface area contributed by atoms with Crippen LogP contribution in [-0.2, 0) is 5.41 Å². The number of hydrogen-bond donors (Lipinski definition) is 1. The second kappa shape index (κ2) is 7.05. The van der Waals surface area contributed by atoms with Gasteiger partial charge in [-0.1, -0.05) is 12.8 Å². The largest absolute Gasteiger partial charge is 0.497 e. The van der Waals surface area contributed by atoms with Crippen LogP contribution in [0.4, 0.5) is 0 Å². The van der Waals surface area contributed by atoms with E-state index in [1.165, 1.54) is 18.4 Å². The predicted octanol–water partition coefficient (Wildman–Crippen LogP) is 4.76. The number of carbonyl (C=O) groups excluding carboxylic acids is 1. The van der Waals surface area contributed by atoms with Gasteiger partial charge in [-0.25, -0.2) is 0 Å². The topological polar surface area (TPSA) is 38.3 Å². The molecule has 0 bridgehead atoms. The molecule has 3 rings (SSSR count). The van der Waals surface area contributed by atoms with Crippen molar-refractivity contribution in [3.63, 3.8) is 0 Å². The number of carbonyl (C=O) groups is 1. The first-order valence-electron chi connectivity index (χ1n) is 7.79. The van der Waals surface area contributed by atoms with Crippen LogP contribution in [0.5, 0.6) is 5.75 Å². The molecule has 1 aliphatic carbocycles. The van der Waals surface area contributed by atoms with Crippen molar-refractivity contribution >= 4 is 33.2 Å². The lowest BCUT2D eigenvalue weighted by Gasteiger charge is -2.29. The molecule has 0 aliphatic heterocycles. The molecular formula is C18H20BrNO2S. The summed E-state index contributed by atoms with van der Waals surface area (Å²) in [5.41, 5.74) is 2.08. The Kier molecular flexibility index (Phi) is 5.07. The van der Waals surface area contributed by atoms with Crippen molar-refractivity contribution in [1.29, 1.82) is 0 Å². The van der Waals surface area contributed by atoms with E-state index in [1.807, 2.05) is 12.1 Å². The highest BCUT2D eigenvalue weighted by Gasteiger charge is 2.36. The van der Waals surface area contributed by atoms with Gasteiger partial charge in [0.15, 0.2) is 0 Å². The molecule has 1 aromatic carbocycles. The minimum Gasteiger partial charge on any atom is -0.497 e. The number of ether oxygens (including phenoxy) is 1. The molecule has 1 N–H and O–H groups in total. The number of amides is 1. The zero-order chi connectivity index (χ0) is 16.3. The molecule has 122 valence electrons. The van der Waals surface area contributed by atoms with Gasteiger partial charge >= 0.3 is 0 Å². The van der Waals surface area contributed by atoms with Crippen LogP contribution >= 0.6 is 27.3 Å². The molecule has 2 aromatic rings. The predicted molar refractivity (Wildman–Crippen MR) is 97.5 cm³/mol. The summed E-state index contributed by atoms with van der Waals surface area (Å²) in [5.74, 6) is 0.629. The third-order valence-electron chi connectivity index (χ3n) is 4.70. The normalized spacial score (nSPS) is 16.3. The van der Waals surface area contributed by atoms with E-state index in [9.17, 15) is 4.79 Å². The lowest BCUT2D eigenvalue weighted by molar-refractivity contribution is 0.0942. The minimum absolute atomic E-state index is 0.0581. The SMILES string of the molecule is COc1ccc(Br)c(C(=O)NCC2(c3ccsc3)CCCC2)c1. The van der Waals surface area contributed by atoms with E-state index in [-0.39, 0.29) is 11.3 Å². The van der Waals surface area contributed by atoms with E-state index in [0.29, 0.717) is 17.9 Å². The Morgan fingerprint density at radius 1 is 1.35 bits per heavy atom. The number of halogens is 1. The molecule has 1 fully saturated rings. The van der Waals surface area contributed by atoms with E-state index < -0.39 is 0 Å². The Balaban J connectivity index is 1.75. The molecule has 23 heavy (non-hydrogen) atoms. The second-order valence-electron chi connectivity index (χ2n) is 6.03. The first kappa shape index (κ1) is 16.5. The Bertz CT molecular complexity index is 678. The van der Waals surface area contributed by atoms with Gasteiger partial charge in [0, 0.05) is 16.4 Å². The standard InChI is InChI=1S/C18H20BrNO2S/c1-22-14-4-5-16(19)15(10-14)17(21)20-12-18(7-2-3-8-18)13-6-9-23-11-13/h4-6,9-11H,2-3,7-8,12H2,1H3,(H,20,21). The van der Waals surface area contributed by atoms with Crippen molar-refractivity contribution in [2.24, 2.45) is 0 Å². The molecule has 1 amide bonds. The van der Waals surface area contributed by atoms with Crippen LogP contribution < -0.4 is 10.1 Å². The maximum atomic E-state index is 12.6. The van der Waals surface area contributed by atoms with Crippen LogP contribution in [0.15, 0.2) is 39.5 Å². The lowest BCUT2D eigenvalue weighted by atomic mass is 9.80. The zero-order valence-electron chi connectivity index (χ0n) is 13.1. The van der Waals surface area contributed by atoms with Crippen molar-refractivity contribution in [3.8, 4) is 5.75 Å². The lowest BCUT2D eigenvalue weighted by Crippen LogP contribution is -2.38. The molecule has 0 atom stereocenters. The van der Waals surface area contributed by atoms with Crippen molar-refractivity contribution in [3.05, 3.63) is 50.6 Å². The summed E-state index contributed by atoms with van der Waals surface area (Å²) >= 11 is 5.18. The van der Waals surface area contributed by atoms with Crippen molar-refractivity contribution in [2.75, 3.05) is 13.7 Å². The summed E-state index contributed by atoms with van der Waals surface area (Å²) in [4.78, 5) is 12.6. The zero-order valence-corrected chi connectivity index (χ0v) is 15.5. The van der Waals surface area contributed by atoms with Crippen LogP contribution in [0.3, 0.4) is 0 Å². The summed E-state index contributed by atoms with van der Waals surface area (Å²) in [6, 6.07) is 7.65. The molecule has 1 aromatic heterocycles. The van der Waals surface area contributed by atoms with Gasteiger partial charge in [0.1, 0.15) is 5.75 Å². The van der Waals surface area contributed by atoms with E-state index in [0.717, 1.165) is 17.3 Å². The van der Waals surface area contributed by atoms with E-state index in [2.05, 4.69) is 38.1 Å². The third-order valence-corrected chi connectivity index (χ3v) is 6.07. The first-order valence-corrected chi connectivity index (χ1v) is 9.53. The molecule has 3 nitrogen and oxygen atoms in total. The van der Waals surface area contributed by atoms with Gasteiger partial charge in [-0.15, -0.1) is 0 Å². The number of benzene rings is 1. The van der Waals surface area contributed by atoms with Gasteiger partial charge in [0.25, 0.3) is 5.91 Å². The Hall–Kier alpha value is -1.33. The van der Waals surface area contributed by atoms with Gasteiger partial charge in [-0.3, -0.25) is 4.79 Å². The highest BCUT2D eigenvalue weighted by molar-refractivity contribution is 9.10. The van der Waals surface area contributed by atoms with Crippen LogP contribution in [0.1, 0.15) is 41.6 Å². The number of nitrogens with one attached hydrogen (secondary N) is 1. The van der Waals surface area contributed by atoms with Crippen LogP contribution in [-0.4, -0.2) is 19.6 Å². The quantitative estimate of drug-likeness (QED) is 0.794. The highest BCUT2D eigenvalue weighted by atomic mass is 79.9. The molecule has 0 saturated heterocycles. The Morgan fingerprint density at radius 3 is 2.78 bits per heavy atom. The first-order chi connectivity index (χ1) is 11.1. The van der Waals surface area contributed by atoms with Crippen molar-refractivity contribution in [2.45, 2.75) is 31.1 Å². The molecule has 1 saturated carbocycles. The summed E-state index contributed by atoms with van der Waals surface area (Å²) in [6.45, 7) is 0.687. The number of thiophene rings is 1. The highest BCUT2D eigenvalue weighted by Crippen LogP contribution is 2.41. The fourth-order valence-corrected chi connectivity index (χ4v) is 4.54. The smallest absolute Gasteiger partial charge is 0.252 e. The van der Waals surface area contributed by atoms with Gasteiger partial charge in [-0.05, 0) is 69.4 Å². The van der Waals surface area contributed by atoms with Gasteiger partial charge in [0.2, 0.25) is 0 Å². The summed E-state index contributed by atoms with van der Waals surface area (Å²) in [6.07, 6.45) is 4.75. The fourth-order valence-electron chi connectivity index (χ4n) is 3.34. The molecule has 0 spiro atoms. The molecule has 1 aliphatic rings. The number of methoxy groups -OCH3 is 1. The minimum atomic E-state index is -0.0581. The molecular weight excluding hydrogens is 374 g/mol. The van der Waals surface area contributed by atoms with Gasteiger partial charge < -0.3 is 10.1 Å². The van der Waals surface area contributed by atoms with Crippen molar-refractivity contribution < 1.29 is 9.53 Å². The van der Waals surface area contributed by atoms with Crippen LogP contribution in [0, 0.1) is 0 Å². The van der Waals surface area contributed by atoms with Crippen LogP contribution in [0.25, 0.3) is 0 Å². The van der Waals surface area contributed by atoms with E-state index >= 15 is 0 Å². The molecule has 5 heteroatoms. The van der Waals surface area contributed by atoms with Gasteiger partial charge in [-0.2, -0.15) is 11.3 Å². The summed E-state index contributed by atoms with van der Waals surface area (Å²) in [5, 5.41) is 7.48. The Labute approximate surface area is 149 Å². The number of rotatable bonds is 5. The van der Waals surface area contributed by atoms with Crippen LogP contribution in [0.2, 0.25) is 0 Å². The van der Waals surface area contributed by atoms with E-state index in [4.69, 9.17) is 4.74 Å². The maximum Gasteiger partial charge on any atom is 0.252 e. The second-order valence-corrected chi connectivity index (χ2v) is 7.66. The third kappa shape index (κ3) is 3.45. The fraction of sp³-hybridized carbons (Fsp3) is 0.389. The average Bonchev–Trinajstić information content (AvgIpc) is 3.25. The summed E-state index contributed by atoms with van der Waals surface area (Å²) < 4.78 is 6.00. The summed E-state index contributed by atoms with van der Waals surface area (Å²) in [7, 11) is 1.61. The Morgan fingerprint density at radius 2 is 2.13 bits per heavy atom. The average molecular weight is 394 g/mol. The monoisotopic (exact) mass is 393 g/mol. The maximum absolute atomic E-state index is 12.6.